The number of hydrogen-bond donors (Lipinski definition) is 1. The predicted molar refractivity (Wildman–Crippen MR) is 185 cm³/mol. The van der Waals surface area contributed by atoms with Gasteiger partial charge < -0.3 is 29.3 Å². The summed E-state index contributed by atoms with van der Waals surface area (Å²) in [5.74, 6) is -0.547. The zero-order valence-corrected chi connectivity index (χ0v) is 28.6. The maximum atomic E-state index is 14.3. The second-order valence-electron chi connectivity index (χ2n) is 13.0. The van der Waals surface area contributed by atoms with Crippen LogP contribution >= 0.6 is 11.8 Å². The Morgan fingerprint density at radius 3 is 2.22 bits per heavy atom. The number of thioether (sulfide) groups is 1. The Kier molecular flexibility index (Phi) is 9.82. The molecule has 3 aromatic carbocycles. The number of likely N-dealkylation sites (tertiary alicyclic amines) is 1. The number of carbonyl (C=O) groups excluding carboxylic acids is 4. The summed E-state index contributed by atoms with van der Waals surface area (Å²) < 4.78 is 17.1. The Morgan fingerprint density at radius 1 is 0.959 bits per heavy atom. The van der Waals surface area contributed by atoms with E-state index in [1.54, 1.807) is 44.3 Å². The summed E-state index contributed by atoms with van der Waals surface area (Å²) in [6, 6.07) is 24.3. The molecular weight excluding hydrogens is 642 g/mol. The lowest BCUT2D eigenvalue weighted by Gasteiger charge is -2.51. The molecule has 3 heterocycles. The third kappa shape index (κ3) is 7.36. The second kappa shape index (κ2) is 14.2. The van der Waals surface area contributed by atoms with Gasteiger partial charge in [0.1, 0.15) is 22.8 Å². The molecule has 2 fully saturated rings. The van der Waals surface area contributed by atoms with Crippen molar-refractivity contribution in [3.63, 3.8) is 0 Å². The lowest BCUT2D eigenvalue weighted by molar-refractivity contribution is -0.164. The van der Waals surface area contributed by atoms with Crippen LogP contribution in [0, 0.1) is 0 Å². The van der Waals surface area contributed by atoms with Crippen molar-refractivity contribution in [2.75, 3.05) is 13.7 Å². The Hall–Kier alpha value is -5.03. The molecule has 0 saturated carbocycles. The molecule has 11 heteroatoms. The van der Waals surface area contributed by atoms with E-state index in [4.69, 9.17) is 14.2 Å². The average Bonchev–Trinajstić information content (AvgIpc) is 3.43. The van der Waals surface area contributed by atoms with E-state index in [1.807, 2.05) is 84.9 Å². The van der Waals surface area contributed by atoms with E-state index in [0.29, 0.717) is 36.4 Å². The molecule has 6 rings (SSSR count). The number of rotatable bonds is 9. The molecule has 0 bridgehead atoms. The van der Waals surface area contributed by atoms with Gasteiger partial charge in [0.25, 0.3) is 0 Å². The van der Waals surface area contributed by atoms with E-state index < -0.39 is 47.1 Å². The molecule has 0 spiro atoms. The van der Waals surface area contributed by atoms with E-state index >= 15 is 0 Å². The number of methoxy groups -OCH3 is 1. The minimum absolute atomic E-state index is 0.156. The maximum absolute atomic E-state index is 14.3. The fourth-order valence-corrected chi connectivity index (χ4v) is 7.36. The number of β-lactam (4-membered cyclic amide) rings is 1. The number of amides is 3. The van der Waals surface area contributed by atoms with Gasteiger partial charge in [-0.2, -0.15) is 0 Å². The molecule has 1 N–H and O–H groups in total. The minimum atomic E-state index is -1.14. The summed E-state index contributed by atoms with van der Waals surface area (Å²) >= 11 is 1.30. The van der Waals surface area contributed by atoms with E-state index in [1.165, 1.54) is 16.7 Å². The molecule has 10 nitrogen and oxygen atoms in total. The van der Waals surface area contributed by atoms with Crippen molar-refractivity contribution >= 4 is 35.6 Å². The van der Waals surface area contributed by atoms with Crippen LogP contribution in [0.25, 0.3) is 0 Å². The highest BCUT2D eigenvalue weighted by Crippen LogP contribution is 2.42. The van der Waals surface area contributed by atoms with Gasteiger partial charge in [-0.25, -0.2) is 9.59 Å². The molecule has 49 heavy (non-hydrogen) atoms. The van der Waals surface area contributed by atoms with Crippen molar-refractivity contribution in [1.82, 2.24) is 15.1 Å². The van der Waals surface area contributed by atoms with Crippen molar-refractivity contribution in [3.05, 3.63) is 124 Å². The normalized spacial score (nSPS) is 21.2. The average molecular weight is 682 g/mol. The van der Waals surface area contributed by atoms with Crippen LogP contribution in [0.15, 0.2) is 108 Å². The molecule has 2 saturated heterocycles. The van der Waals surface area contributed by atoms with Gasteiger partial charge in [0.15, 0.2) is 12.1 Å². The lowest BCUT2D eigenvalue weighted by atomic mass is 9.95. The zero-order valence-electron chi connectivity index (χ0n) is 27.8. The highest BCUT2D eigenvalue weighted by atomic mass is 32.2. The molecule has 3 aliphatic rings. The quantitative estimate of drug-likeness (QED) is 0.173. The van der Waals surface area contributed by atoms with E-state index in [2.05, 4.69) is 5.32 Å². The number of carbonyl (C=O) groups is 4. The number of fused-ring (bicyclic) bond motifs is 1. The molecule has 3 amide bonds. The van der Waals surface area contributed by atoms with Gasteiger partial charge >= 0.3 is 12.1 Å². The van der Waals surface area contributed by atoms with E-state index in [0.717, 1.165) is 16.7 Å². The fourth-order valence-electron chi connectivity index (χ4n) is 6.17. The van der Waals surface area contributed by atoms with Gasteiger partial charge in [0.2, 0.25) is 11.8 Å². The van der Waals surface area contributed by atoms with Crippen molar-refractivity contribution in [2.45, 2.75) is 62.9 Å². The number of hydrogen-bond acceptors (Lipinski definition) is 8. The first kappa shape index (κ1) is 33.9. The third-order valence-electron chi connectivity index (χ3n) is 8.46. The number of para-hydroxylation sites is 1. The first-order valence-electron chi connectivity index (χ1n) is 16.1. The van der Waals surface area contributed by atoms with Crippen molar-refractivity contribution in [3.8, 4) is 5.75 Å². The molecule has 0 aromatic heterocycles. The summed E-state index contributed by atoms with van der Waals surface area (Å²) in [4.78, 5) is 57.5. The van der Waals surface area contributed by atoms with Crippen LogP contribution in [-0.2, 0) is 30.4 Å². The molecule has 3 aromatic rings. The smallest absolute Gasteiger partial charge is 0.408 e. The molecule has 254 valence electrons. The SMILES string of the molecule is COc1ccccc1CN1CCC(=CC2=CS[C@@H]3[C@H](NC(=O)OC(C)(C)C)C(=O)N3[C@H]2C(=O)OC(c2ccccc2)c2ccccc2)C1=O. The fraction of sp³-hybridized carbons (Fsp3) is 0.316. The molecule has 0 unspecified atom stereocenters. The summed E-state index contributed by atoms with van der Waals surface area (Å²) in [5, 5.41) is 3.87. The first-order valence-corrected chi connectivity index (χ1v) is 17.1. The van der Waals surface area contributed by atoms with Crippen molar-refractivity contribution < 1.29 is 33.4 Å². The van der Waals surface area contributed by atoms with Crippen LogP contribution in [0.2, 0.25) is 0 Å². The van der Waals surface area contributed by atoms with Gasteiger partial charge in [-0.15, -0.1) is 11.8 Å². The van der Waals surface area contributed by atoms with Gasteiger partial charge in [0.05, 0.1) is 7.11 Å². The summed E-state index contributed by atoms with van der Waals surface area (Å²) in [5.41, 5.74) is 2.67. The standard InChI is InChI=1S/C38H39N3O7S/c1-38(2,3)48-37(45)39-30-34(43)41-31(36(44)47-32(24-13-7-5-8-14-24)25-15-9-6-10-16-25)28(23-49-35(30)41)21-26-19-20-40(33(26)42)22-27-17-11-12-18-29(27)46-4/h5-18,21,23,30-32,35H,19-20,22H2,1-4H3,(H,39,45)/t30-,31-,35-/m1/s1. The molecule has 0 aliphatic carbocycles. The number of ether oxygens (including phenoxy) is 3. The summed E-state index contributed by atoms with van der Waals surface area (Å²) in [6.45, 7) is 6.09. The Bertz CT molecular complexity index is 1750. The number of benzene rings is 3. The van der Waals surface area contributed by atoms with Crippen LogP contribution in [0.4, 0.5) is 4.79 Å². The van der Waals surface area contributed by atoms with Crippen molar-refractivity contribution in [2.24, 2.45) is 0 Å². The largest absolute Gasteiger partial charge is 0.496 e. The summed E-state index contributed by atoms with van der Waals surface area (Å²) in [6.07, 6.45) is 0.714. The van der Waals surface area contributed by atoms with Crippen LogP contribution in [0.5, 0.6) is 5.75 Å². The Balaban J connectivity index is 1.29. The molecule has 0 radical (unpaired) electrons. The van der Waals surface area contributed by atoms with Gasteiger partial charge in [-0.1, -0.05) is 78.9 Å². The third-order valence-corrected chi connectivity index (χ3v) is 9.65. The summed E-state index contributed by atoms with van der Waals surface area (Å²) in [7, 11) is 1.60. The second-order valence-corrected chi connectivity index (χ2v) is 14.0. The number of alkyl carbamates (subject to hydrolysis) is 1. The van der Waals surface area contributed by atoms with Crippen LogP contribution in [0.1, 0.15) is 50.0 Å². The van der Waals surface area contributed by atoms with Crippen molar-refractivity contribution in [1.29, 1.82) is 0 Å². The topological polar surface area (TPSA) is 114 Å². The van der Waals surface area contributed by atoms with E-state index in [-0.39, 0.29) is 5.91 Å². The lowest BCUT2D eigenvalue weighted by Crippen LogP contribution is -2.74. The highest BCUT2D eigenvalue weighted by Gasteiger charge is 2.56. The predicted octanol–water partition coefficient (Wildman–Crippen LogP) is 5.75. The zero-order chi connectivity index (χ0) is 34.7. The Labute approximate surface area is 290 Å². The minimum Gasteiger partial charge on any atom is -0.496 e. The first-order chi connectivity index (χ1) is 23.5. The van der Waals surface area contributed by atoms with Crippen LogP contribution in [0.3, 0.4) is 0 Å². The maximum Gasteiger partial charge on any atom is 0.408 e. The number of nitrogens with zero attached hydrogens (tertiary/aromatic N) is 2. The van der Waals surface area contributed by atoms with Crippen LogP contribution in [-0.4, -0.2) is 70.4 Å². The number of nitrogens with one attached hydrogen (secondary N) is 1. The Morgan fingerprint density at radius 2 is 1.59 bits per heavy atom. The molecule has 3 aliphatic heterocycles. The molecular formula is C38H39N3O7S. The van der Waals surface area contributed by atoms with Gasteiger partial charge in [-0.3, -0.25) is 9.59 Å². The van der Waals surface area contributed by atoms with Crippen LogP contribution < -0.4 is 10.1 Å². The molecule has 3 atom stereocenters. The number of esters is 1. The van der Waals surface area contributed by atoms with E-state index in [9.17, 15) is 19.2 Å². The highest BCUT2D eigenvalue weighted by molar-refractivity contribution is 8.03. The van der Waals surface area contributed by atoms with Gasteiger partial charge in [0, 0.05) is 24.2 Å². The van der Waals surface area contributed by atoms with Gasteiger partial charge in [-0.05, 0) is 61.4 Å². The monoisotopic (exact) mass is 681 g/mol.